The van der Waals surface area contributed by atoms with Gasteiger partial charge in [0.15, 0.2) is 0 Å². The number of benzene rings is 5. The van der Waals surface area contributed by atoms with Crippen LogP contribution < -0.4 is 20.9 Å². The number of hydrogen-bond acceptors (Lipinski definition) is 4. The first-order valence-electron chi connectivity index (χ1n) is 14.3. The molecule has 4 N–H and O–H groups in total. The largest absolute Gasteiger partial charge is 0.457 e. The lowest BCUT2D eigenvalue weighted by Crippen LogP contribution is -2.22. The van der Waals surface area contributed by atoms with Gasteiger partial charge in [-0.2, -0.15) is 0 Å². The maximum absolute atomic E-state index is 6.13. The highest BCUT2D eigenvalue weighted by Gasteiger charge is 2.28. The number of ether oxygens (including phenoxy) is 2. The van der Waals surface area contributed by atoms with Gasteiger partial charge in [-0.15, -0.1) is 0 Å². The normalized spacial score (nSPS) is 11.8. The quantitative estimate of drug-likeness (QED) is 0.187. The van der Waals surface area contributed by atoms with Crippen molar-refractivity contribution in [1.29, 1.82) is 0 Å². The third kappa shape index (κ3) is 5.99. The summed E-state index contributed by atoms with van der Waals surface area (Å²) >= 11 is 0. The molecular formula is C38H40N2O2. The van der Waals surface area contributed by atoms with E-state index in [2.05, 4.69) is 76.2 Å². The van der Waals surface area contributed by atoms with E-state index in [9.17, 15) is 0 Å². The van der Waals surface area contributed by atoms with Crippen LogP contribution in [0.15, 0.2) is 109 Å². The van der Waals surface area contributed by atoms with Crippen molar-refractivity contribution in [3.05, 3.63) is 143 Å². The zero-order chi connectivity index (χ0) is 30.1. The summed E-state index contributed by atoms with van der Waals surface area (Å²) in [6.45, 7) is 13.1. The molecule has 0 spiro atoms. The van der Waals surface area contributed by atoms with Crippen LogP contribution in [0.25, 0.3) is 0 Å². The fourth-order valence-electron chi connectivity index (χ4n) is 5.34. The fraction of sp³-hybridized carbons (Fsp3) is 0.211. The Morgan fingerprint density at radius 1 is 0.452 bits per heavy atom. The lowest BCUT2D eigenvalue weighted by atomic mass is 9.73. The van der Waals surface area contributed by atoms with Crippen LogP contribution in [-0.4, -0.2) is 0 Å². The first-order chi connectivity index (χ1) is 19.9. The van der Waals surface area contributed by atoms with Crippen molar-refractivity contribution in [1.82, 2.24) is 0 Å². The Labute approximate surface area is 249 Å². The number of rotatable bonds is 8. The SMILES string of the molecule is Cc1cc(N)ccc1Oc1ccc(C(C)(C)c2cccc(C(C)(C)c3ccc(Oc4ccc(N)cc4C)cc3)c2)cc1. The topological polar surface area (TPSA) is 70.5 Å². The Morgan fingerprint density at radius 2 is 0.833 bits per heavy atom. The van der Waals surface area contributed by atoms with Gasteiger partial charge in [0.1, 0.15) is 23.0 Å². The van der Waals surface area contributed by atoms with Gasteiger partial charge in [-0.05, 0) is 108 Å². The molecule has 42 heavy (non-hydrogen) atoms. The number of hydrogen-bond donors (Lipinski definition) is 2. The summed E-state index contributed by atoms with van der Waals surface area (Å²) in [6.07, 6.45) is 0. The minimum absolute atomic E-state index is 0.198. The first kappa shape index (κ1) is 28.8. The molecule has 0 fully saturated rings. The summed E-state index contributed by atoms with van der Waals surface area (Å²) in [5, 5.41) is 0. The average molecular weight is 557 g/mol. The third-order valence-corrected chi connectivity index (χ3v) is 8.31. The van der Waals surface area contributed by atoms with Crippen molar-refractivity contribution in [2.24, 2.45) is 0 Å². The van der Waals surface area contributed by atoms with E-state index in [0.29, 0.717) is 0 Å². The molecule has 4 nitrogen and oxygen atoms in total. The molecule has 5 aromatic rings. The third-order valence-electron chi connectivity index (χ3n) is 8.31. The zero-order valence-corrected chi connectivity index (χ0v) is 25.4. The number of nitrogens with two attached hydrogens (primary N) is 2. The zero-order valence-electron chi connectivity index (χ0n) is 25.4. The highest BCUT2D eigenvalue weighted by Crippen LogP contribution is 2.38. The van der Waals surface area contributed by atoms with Gasteiger partial charge >= 0.3 is 0 Å². The Kier molecular flexibility index (Phi) is 7.74. The van der Waals surface area contributed by atoms with E-state index in [-0.39, 0.29) is 10.8 Å². The molecule has 5 aromatic carbocycles. The Balaban J connectivity index is 1.34. The predicted molar refractivity (Wildman–Crippen MR) is 175 cm³/mol. The van der Waals surface area contributed by atoms with Crippen LogP contribution in [0.4, 0.5) is 11.4 Å². The van der Waals surface area contributed by atoms with Crippen LogP contribution in [0.3, 0.4) is 0 Å². The van der Waals surface area contributed by atoms with Gasteiger partial charge in [-0.25, -0.2) is 0 Å². The van der Waals surface area contributed by atoms with Crippen molar-refractivity contribution in [3.8, 4) is 23.0 Å². The van der Waals surface area contributed by atoms with Gasteiger partial charge in [-0.3, -0.25) is 0 Å². The molecule has 0 saturated carbocycles. The molecule has 0 heterocycles. The standard InChI is InChI=1S/C38H40N2O2/c1-25-22-31(39)14-20-35(25)41-33-16-10-27(11-17-33)37(3,4)29-8-7-9-30(24-29)38(5,6)28-12-18-34(19-13-28)42-36-21-15-32(40)23-26(36)2/h7-24H,39-40H2,1-6H3. The number of aryl methyl sites for hydroxylation is 2. The van der Waals surface area contributed by atoms with Crippen LogP contribution >= 0.6 is 0 Å². The van der Waals surface area contributed by atoms with E-state index in [0.717, 1.165) is 45.5 Å². The molecule has 0 bridgehead atoms. The second kappa shape index (κ2) is 11.3. The predicted octanol–water partition coefficient (Wildman–Crippen LogP) is 9.70. The minimum Gasteiger partial charge on any atom is -0.457 e. The van der Waals surface area contributed by atoms with Crippen LogP contribution in [0.5, 0.6) is 23.0 Å². The van der Waals surface area contributed by atoms with Gasteiger partial charge in [-0.1, -0.05) is 76.2 Å². The molecule has 0 aliphatic rings. The molecular weight excluding hydrogens is 516 g/mol. The highest BCUT2D eigenvalue weighted by atomic mass is 16.5. The number of nitrogen functional groups attached to an aromatic ring is 2. The van der Waals surface area contributed by atoms with Crippen LogP contribution in [0.1, 0.15) is 61.1 Å². The molecule has 0 aromatic heterocycles. The summed E-state index contributed by atoms with van der Waals surface area (Å²) in [5.41, 5.74) is 19.8. The van der Waals surface area contributed by atoms with E-state index >= 15 is 0 Å². The van der Waals surface area contributed by atoms with E-state index < -0.39 is 0 Å². The molecule has 4 heteroatoms. The number of anilines is 2. The summed E-state index contributed by atoms with van der Waals surface area (Å²) in [5.74, 6) is 3.23. The molecule has 0 saturated heterocycles. The highest BCUT2D eigenvalue weighted by molar-refractivity contribution is 5.51. The first-order valence-corrected chi connectivity index (χ1v) is 14.3. The molecule has 0 amide bonds. The Hall–Kier alpha value is -4.70. The molecule has 5 rings (SSSR count). The molecule has 0 radical (unpaired) electrons. The van der Waals surface area contributed by atoms with E-state index in [1.54, 1.807) is 0 Å². The molecule has 0 unspecified atom stereocenters. The van der Waals surface area contributed by atoms with E-state index in [1.165, 1.54) is 22.3 Å². The molecule has 0 atom stereocenters. The summed E-state index contributed by atoms with van der Waals surface area (Å²) in [4.78, 5) is 0. The van der Waals surface area contributed by atoms with Crippen molar-refractivity contribution in [2.75, 3.05) is 11.5 Å². The fourth-order valence-corrected chi connectivity index (χ4v) is 5.34. The maximum atomic E-state index is 6.13. The molecule has 214 valence electrons. The van der Waals surface area contributed by atoms with Gasteiger partial charge < -0.3 is 20.9 Å². The Bertz CT molecular complexity index is 1580. The average Bonchev–Trinajstić information content (AvgIpc) is 2.97. The summed E-state index contributed by atoms with van der Waals surface area (Å²) in [6, 6.07) is 37.1. The lowest BCUT2D eigenvalue weighted by Gasteiger charge is -2.31. The Morgan fingerprint density at radius 3 is 1.19 bits per heavy atom. The van der Waals surface area contributed by atoms with Crippen LogP contribution in [-0.2, 0) is 10.8 Å². The van der Waals surface area contributed by atoms with E-state index in [1.807, 2.05) is 74.5 Å². The summed E-state index contributed by atoms with van der Waals surface area (Å²) < 4.78 is 12.3. The van der Waals surface area contributed by atoms with Crippen molar-refractivity contribution >= 4 is 11.4 Å². The van der Waals surface area contributed by atoms with Crippen LogP contribution in [0, 0.1) is 13.8 Å². The smallest absolute Gasteiger partial charge is 0.130 e. The van der Waals surface area contributed by atoms with E-state index in [4.69, 9.17) is 20.9 Å². The second-order valence-electron chi connectivity index (χ2n) is 12.1. The summed E-state index contributed by atoms with van der Waals surface area (Å²) in [7, 11) is 0. The van der Waals surface area contributed by atoms with Gasteiger partial charge in [0, 0.05) is 22.2 Å². The van der Waals surface area contributed by atoms with Crippen molar-refractivity contribution < 1.29 is 9.47 Å². The van der Waals surface area contributed by atoms with Crippen molar-refractivity contribution in [3.63, 3.8) is 0 Å². The monoisotopic (exact) mass is 556 g/mol. The van der Waals surface area contributed by atoms with Gasteiger partial charge in [0.25, 0.3) is 0 Å². The maximum Gasteiger partial charge on any atom is 0.130 e. The van der Waals surface area contributed by atoms with Gasteiger partial charge in [0.05, 0.1) is 0 Å². The van der Waals surface area contributed by atoms with Gasteiger partial charge in [0.2, 0.25) is 0 Å². The van der Waals surface area contributed by atoms with Crippen LogP contribution in [0.2, 0.25) is 0 Å². The van der Waals surface area contributed by atoms with Crippen molar-refractivity contribution in [2.45, 2.75) is 52.4 Å². The lowest BCUT2D eigenvalue weighted by molar-refractivity contribution is 0.478. The molecule has 0 aliphatic carbocycles. The molecule has 0 aliphatic heterocycles. The second-order valence-corrected chi connectivity index (χ2v) is 12.1. The minimum atomic E-state index is -0.198.